The Balaban J connectivity index is 1.61. The number of carbonyl (C=O) groups is 3. The van der Waals surface area contributed by atoms with Crippen LogP contribution in [0.5, 0.6) is 5.75 Å². The van der Waals surface area contributed by atoms with E-state index in [1.807, 2.05) is 30.3 Å². The van der Waals surface area contributed by atoms with Gasteiger partial charge in [-0.2, -0.15) is 0 Å². The summed E-state index contributed by atoms with van der Waals surface area (Å²) in [5.74, 6) is -0.396. The zero-order chi connectivity index (χ0) is 24.5. The van der Waals surface area contributed by atoms with Gasteiger partial charge in [-0.15, -0.1) is 11.3 Å². The van der Waals surface area contributed by atoms with Crippen LogP contribution in [0.1, 0.15) is 16.6 Å². The molecule has 3 rings (SSSR count). The third-order valence-corrected chi connectivity index (χ3v) is 5.89. The third-order valence-electron chi connectivity index (χ3n) is 4.73. The number of nitrogens with zero attached hydrogens (tertiary/aromatic N) is 1. The summed E-state index contributed by atoms with van der Waals surface area (Å²) in [6.45, 7) is 1.95. The van der Waals surface area contributed by atoms with Gasteiger partial charge < -0.3 is 20.1 Å². The molecule has 0 aliphatic rings. The minimum atomic E-state index is -0.489. The fraction of sp³-hybridized carbons (Fsp3) is 0.240. The van der Waals surface area contributed by atoms with Gasteiger partial charge in [-0.05, 0) is 49.9 Å². The van der Waals surface area contributed by atoms with E-state index in [2.05, 4.69) is 10.6 Å². The summed E-state index contributed by atoms with van der Waals surface area (Å²) in [7, 11) is 3.24. The molecule has 1 aromatic heterocycles. The van der Waals surface area contributed by atoms with Crippen molar-refractivity contribution in [2.75, 3.05) is 44.5 Å². The van der Waals surface area contributed by atoms with Crippen molar-refractivity contribution in [2.24, 2.45) is 0 Å². The average Bonchev–Trinajstić information content (AvgIpc) is 3.23. The number of esters is 1. The standard InChI is InChI=1S/C25H27N3O5S/c1-4-33-25(31)24-20(14-21(34-24)17-8-6-5-7-9-17)27-23(30)16-28(2)15-22(29)26-18-10-12-19(32-3)13-11-18/h5-14H,4,15-16H2,1-3H3,(H,26,29)(H,27,30). The predicted molar refractivity (Wildman–Crippen MR) is 133 cm³/mol. The molecule has 0 aliphatic carbocycles. The first-order valence-corrected chi connectivity index (χ1v) is 11.5. The van der Waals surface area contributed by atoms with Gasteiger partial charge in [0.1, 0.15) is 10.6 Å². The summed E-state index contributed by atoms with van der Waals surface area (Å²) in [6.07, 6.45) is 0. The van der Waals surface area contributed by atoms with Crippen molar-refractivity contribution in [1.82, 2.24) is 4.90 Å². The quantitative estimate of drug-likeness (QED) is 0.423. The molecule has 0 unspecified atom stereocenters. The SMILES string of the molecule is CCOC(=O)c1sc(-c2ccccc2)cc1NC(=O)CN(C)CC(=O)Nc1ccc(OC)cc1. The van der Waals surface area contributed by atoms with Crippen molar-refractivity contribution in [3.05, 3.63) is 65.5 Å². The van der Waals surface area contributed by atoms with E-state index in [4.69, 9.17) is 9.47 Å². The van der Waals surface area contributed by atoms with Crippen molar-refractivity contribution in [2.45, 2.75) is 6.92 Å². The average molecular weight is 482 g/mol. The number of hydrogen-bond acceptors (Lipinski definition) is 7. The van der Waals surface area contributed by atoms with Crippen LogP contribution in [-0.2, 0) is 14.3 Å². The predicted octanol–water partition coefficient (Wildman–Crippen LogP) is 4.11. The molecule has 9 heteroatoms. The Morgan fingerprint density at radius 3 is 2.21 bits per heavy atom. The van der Waals surface area contributed by atoms with Crippen molar-refractivity contribution in [3.63, 3.8) is 0 Å². The molecule has 34 heavy (non-hydrogen) atoms. The Bertz CT molecular complexity index is 1130. The molecule has 0 fully saturated rings. The van der Waals surface area contributed by atoms with Crippen LogP contribution < -0.4 is 15.4 Å². The number of nitrogens with one attached hydrogen (secondary N) is 2. The number of thiophene rings is 1. The maximum atomic E-state index is 12.7. The summed E-state index contributed by atoms with van der Waals surface area (Å²) < 4.78 is 10.3. The van der Waals surface area contributed by atoms with Crippen molar-refractivity contribution in [1.29, 1.82) is 0 Å². The smallest absolute Gasteiger partial charge is 0.350 e. The van der Waals surface area contributed by atoms with Crippen LogP contribution in [0.15, 0.2) is 60.7 Å². The highest BCUT2D eigenvalue weighted by Gasteiger charge is 2.21. The molecule has 2 aromatic carbocycles. The molecule has 2 N–H and O–H groups in total. The Labute approximate surface area is 202 Å². The highest BCUT2D eigenvalue weighted by atomic mass is 32.1. The van der Waals surface area contributed by atoms with Gasteiger partial charge in [0.25, 0.3) is 0 Å². The van der Waals surface area contributed by atoms with E-state index in [1.165, 1.54) is 11.3 Å². The third kappa shape index (κ3) is 6.90. The van der Waals surface area contributed by atoms with Crippen LogP contribution in [-0.4, -0.2) is 56.5 Å². The summed E-state index contributed by atoms with van der Waals surface area (Å²) in [6, 6.07) is 18.3. The fourth-order valence-electron chi connectivity index (χ4n) is 3.19. The lowest BCUT2D eigenvalue weighted by atomic mass is 10.2. The number of carbonyl (C=O) groups excluding carboxylic acids is 3. The molecule has 0 atom stereocenters. The molecule has 0 spiro atoms. The number of likely N-dealkylation sites (N-methyl/N-ethyl adjacent to an activating group) is 1. The number of benzene rings is 2. The molecule has 0 radical (unpaired) electrons. The van der Waals surface area contributed by atoms with Gasteiger partial charge in [0.15, 0.2) is 0 Å². The zero-order valence-electron chi connectivity index (χ0n) is 19.3. The van der Waals surface area contributed by atoms with E-state index in [0.717, 1.165) is 10.4 Å². The second kappa shape index (κ2) is 12.0. The number of methoxy groups -OCH3 is 1. The monoisotopic (exact) mass is 481 g/mol. The first-order chi connectivity index (χ1) is 16.4. The van der Waals surface area contributed by atoms with Crippen LogP contribution in [0, 0.1) is 0 Å². The lowest BCUT2D eigenvalue weighted by Crippen LogP contribution is -2.36. The maximum Gasteiger partial charge on any atom is 0.350 e. The highest BCUT2D eigenvalue weighted by Crippen LogP contribution is 2.35. The first-order valence-electron chi connectivity index (χ1n) is 10.7. The Hall–Kier alpha value is -3.69. The molecule has 8 nitrogen and oxygen atoms in total. The largest absolute Gasteiger partial charge is 0.497 e. The summed E-state index contributed by atoms with van der Waals surface area (Å²) >= 11 is 1.26. The molecule has 0 bridgehead atoms. The maximum absolute atomic E-state index is 12.7. The minimum absolute atomic E-state index is 0.0169. The van der Waals surface area contributed by atoms with Gasteiger partial charge in [-0.1, -0.05) is 30.3 Å². The molecule has 2 amide bonds. The lowest BCUT2D eigenvalue weighted by molar-refractivity contribution is -0.119. The molecule has 0 saturated carbocycles. The zero-order valence-corrected chi connectivity index (χ0v) is 20.1. The van der Waals surface area contributed by atoms with Crippen molar-refractivity contribution >= 4 is 40.5 Å². The molecule has 0 saturated heterocycles. The van der Waals surface area contributed by atoms with Crippen LogP contribution in [0.4, 0.5) is 11.4 Å². The van der Waals surface area contributed by atoms with Gasteiger partial charge in [-0.25, -0.2) is 4.79 Å². The summed E-state index contributed by atoms with van der Waals surface area (Å²) in [5.41, 5.74) is 1.96. The normalized spacial score (nSPS) is 10.6. The second-order valence-electron chi connectivity index (χ2n) is 7.44. The van der Waals surface area contributed by atoms with E-state index in [-0.39, 0.29) is 31.5 Å². The Kier molecular flexibility index (Phi) is 8.78. The van der Waals surface area contributed by atoms with Crippen LogP contribution >= 0.6 is 11.3 Å². The van der Waals surface area contributed by atoms with E-state index in [0.29, 0.717) is 22.0 Å². The van der Waals surface area contributed by atoms with Crippen LogP contribution in [0.25, 0.3) is 10.4 Å². The fourth-order valence-corrected chi connectivity index (χ4v) is 4.20. The van der Waals surface area contributed by atoms with E-state index in [9.17, 15) is 14.4 Å². The molecule has 3 aromatic rings. The minimum Gasteiger partial charge on any atom is -0.497 e. The van der Waals surface area contributed by atoms with Crippen molar-refractivity contribution < 1.29 is 23.9 Å². The lowest BCUT2D eigenvalue weighted by Gasteiger charge is -2.16. The summed E-state index contributed by atoms with van der Waals surface area (Å²) in [4.78, 5) is 40.2. The van der Waals surface area contributed by atoms with E-state index >= 15 is 0 Å². The molecular formula is C25H27N3O5S. The topological polar surface area (TPSA) is 97.0 Å². The first kappa shape index (κ1) is 24.9. The van der Waals surface area contributed by atoms with E-state index in [1.54, 1.807) is 56.3 Å². The molecular weight excluding hydrogens is 454 g/mol. The van der Waals surface area contributed by atoms with Crippen LogP contribution in [0.2, 0.25) is 0 Å². The Morgan fingerprint density at radius 2 is 1.59 bits per heavy atom. The van der Waals surface area contributed by atoms with Gasteiger partial charge in [-0.3, -0.25) is 14.5 Å². The molecule has 1 heterocycles. The molecule has 178 valence electrons. The second-order valence-corrected chi connectivity index (χ2v) is 8.49. The Morgan fingerprint density at radius 1 is 0.941 bits per heavy atom. The van der Waals surface area contributed by atoms with Gasteiger partial charge in [0.2, 0.25) is 11.8 Å². The number of anilines is 2. The number of rotatable bonds is 10. The molecule has 0 aliphatic heterocycles. The van der Waals surface area contributed by atoms with Gasteiger partial charge in [0, 0.05) is 10.6 Å². The number of ether oxygens (including phenoxy) is 2. The van der Waals surface area contributed by atoms with Crippen molar-refractivity contribution in [3.8, 4) is 16.2 Å². The van der Waals surface area contributed by atoms with Crippen LogP contribution in [0.3, 0.4) is 0 Å². The van der Waals surface area contributed by atoms with Gasteiger partial charge in [0.05, 0.1) is 32.5 Å². The summed E-state index contributed by atoms with van der Waals surface area (Å²) in [5, 5.41) is 5.57. The highest BCUT2D eigenvalue weighted by molar-refractivity contribution is 7.18. The number of amides is 2. The van der Waals surface area contributed by atoms with Gasteiger partial charge >= 0.3 is 5.97 Å². The number of hydrogen-bond donors (Lipinski definition) is 2. The van der Waals surface area contributed by atoms with E-state index < -0.39 is 5.97 Å².